The monoisotopic (exact) mass is 282 g/mol. The van der Waals surface area contributed by atoms with E-state index in [-0.39, 0.29) is 0 Å². The van der Waals surface area contributed by atoms with Gasteiger partial charge in [0.2, 0.25) is 0 Å². The van der Waals surface area contributed by atoms with E-state index in [1.165, 1.54) is 43.5 Å². The molecular formula is C14H18S3. The van der Waals surface area contributed by atoms with Crippen LogP contribution in [0, 0.1) is 0 Å². The lowest BCUT2D eigenvalue weighted by molar-refractivity contribution is 1.10. The molecule has 0 aliphatic rings. The van der Waals surface area contributed by atoms with Crippen LogP contribution in [0.25, 0.3) is 10.1 Å². The summed E-state index contributed by atoms with van der Waals surface area (Å²) in [5.74, 6) is 2.45. The zero-order valence-electron chi connectivity index (χ0n) is 10.4. The molecule has 0 aliphatic carbocycles. The number of thioether (sulfide) groups is 2. The van der Waals surface area contributed by atoms with Crippen molar-refractivity contribution in [2.24, 2.45) is 0 Å². The van der Waals surface area contributed by atoms with Crippen LogP contribution in [0.2, 0.25) is 0 Å². The number of hydrogen-bond donors (Lipinski definition) is 0. The van der Waals surface area contributed by atoms with E-state index in [9.17, 15) is 0 Å². The highest BCUT2D eigenvalue weighted by Gasteiger charge is 2.11. The molecule has 1 heterocycles. The highest BCUT2D eigenvalue weighted by Crippen LogP contribution is 2.43. The van der Waals surface area contributed by atoms with Crippen LogP contribution < -0.4 is 0 Å². The first kappa shape index (κ1) is 13.3. The summed E-state index contributed by atoms with van der Waals surface area (Å²) in [4.78, 5) is 1.52. The fourth-order valence-corrected chi connectivity index (χ4v) is 5.42. The van der Waals surface area contributed by atoms with Gasteiger partial charge in [-0.3, -0.25) is 0 Å². The van der Waals surface area contributed by atoms with Crippen molar-refractivity contribution in [2.45, 2.75) is 35.8 Å². The lowest BCUT2D eigenvalue weighted by atomic mass is 10.3. The first-order chi connectivity index (χ1) is 8.36. The van der Waals surface area contributed by atoms with Crippen molar-refractivity contribution in [3.63, 3.8) is 0 Å². The van der Waals surface area contributed by atoms with Crippen LogP contribution >= 0.6 is 34.9 Å². The molecule has 17 heavy (non-hydrogen) atoms. The van der Waals surface area contributed by atoms with Gasteiger partial charge in [-0.05, 0) is 30.4 Å². The van der Waals surface area contributed by atoms with Crippen molar-refractivity contribution >= 4 is 44.9 Å². The van der Waals surface area contributed by atoms with E-state index in [2.05, 4.69) is 38.1 Å². The van der Waals surface area contributed by atoms with Crippen LogP contribution in [0.5, 0.6) is 0 Å². The Morgan fingerprint density at radius 2 is 1.71 bits per heavy atom. The van der Waals surface area contributed by atoms with Gasteiger partial charge >= 0.3 is 0 Å². The Morgan fingerprint density at radius 3 is 2.47 bits per heavy atom. The Kier molecular flexibility index (Phi) is 5.26. The second-order valence-electron chi connectivity index (χ2n) is 3.91. The fraction of sp³-hybridized carbons (Fsp3) is 0.429. The molecule has 2 aromatic rings. The molecule has 0 amide bonds. The van der Waals surface area contributed by atoms with E-state index in [4.69, 9.17) is 0 Å². The third-order valence-electron chi connectivity index (χ3n) is 2.41. The van der Waals surface area contributed by atoms with Crippen molar-refractivity contribution in [3.8, 4) is 0 Å². The van der Waals surface area contributed by atoms with Gasteiger partial charge in [-0.2, -0.15) is 0 Å². The third kappa shape index (κ3) is 3.21. The zero-order valence-corrected chi connectivity index (χ0v) is 12.8. The maximum atomic E-state index is 2.26. The van der Waals surface area contributed by atoms with Crippen LogP contribution in [0.15, 0.2) is 33.4 Å². The molecule has 92 valence electrons. The molecule has 1 aromatic heterocycles. The molecule has 0 atom stereocenters. The Balaban J connectivity index is 2.34. The van der Waals surface area contributed by atoms with Gasteiger partial charge in [0.1, 0.15) is 0 Å². The molecule has 0 aliphatic heterocycles. The first-order valence-electron chi connectivity index (χ1n) is 6.14. The first-order valence-corrected chi connectivity index (χ1v) is 8.92. The van der Waals surface area contributed by atoms with Crippen molar-refractivity contribution in [3.05, 3.63) is 24.3 Å². The Hall–Kier alpha value is -0.120. The second-order valence-corrected chi connectivity index (χ2v) is 7.43. The minimum atomic E-state index is 1.22. The molecule has 3 heteroatoms. The lowest BCUT2D eigenvalue weighted by Gasteiger charge is -2.02. The Bertz CT molecular complexity index is 473. The standard InChI is InChI=1S/C14H18S3/c1-3-9-15-13-11-7-5-6-8-12(11)17-14(13)16-10-4-2/h5-8H,3-4,9-10H2,1-2H3. The minimum absolute atomic E-state index is 1.22. The summed E-state index contributed by atoms with van der Waals surface area (Å²) >= 11 is 6.00. The van der Waals surface area contributed by atoms with Crippen LogP contribution in [-0.2, 0) is 0 Å². The average molecular weight is 282 g/mol. The van der Waals surface area contributed by atoms with Crippen LogP contribution in [-0.4, -0.2) is 11.5 Å². The smallest absolute Gasteiger partial charge is 0.0747 e. The van der Waals surface area contributed by atoms with Gasteiger partial charge in [-0.15, -0.1) is 34.9 Å². The summed E-state index contributed by atoms with van der Waals surface area (Å²) in [5.41, 5.74) is 0. The SMILES string of the molecule is CCCSc1sc2ccccc2c1SCCC. The molecule has 0 fully saturated rings. The molecule has 0 bridgehead atoms. The summed E-state index contributed by atoms with van der Waals surface area (Å²) in [6, 6.07) is 8.80. The molecule has 1 aromatic carbocycles. The second kappa shape index (κ2) is 6.72. The van der Waals surface area contributed by atoms with Gasteiger partial charge < -0.3 is 0 Å². The van der Waals surface area contributed by atoms with Gasteiger partial charge in [-0.1, -0.05) is 32.0 Å². The van der Waals surface area contributed by atoms with E-state index in [0.29, 0.717) is 0 Å². The molecule has 0 saturated heterocycles. The highest BCUT2D eigenvalue weighted by molar-refractivity contribution is 8.03. The van der Waals surface area contributed by atoms with E-state index in [0.717, 1.165) is 0 Å². The number of fused-ring (bicyclic) bond motifs is 1. The number of rotatable bonds is 6. The summed E-state index contributed by atoms with van der Waals surface area (Å²) < 4.78 is 2.95. The zero-order chi connectivity index (χ0) is 12.1. The Morgan fingerprint density at radius 1 is 1.00 bits per heavy atom. The molecule has 0 nitrogen and oxygen atoms in total. The maximum absolute atomic E-state index is 2.26. The normalized spacial score (nSPS) is 11.2. The van der Waals surface area contributed by atoms with Crippen molar-refractivity contribution in [1.29, 1.82) is 0 Å². The summed E-state index contributed by atoms with van der Waals surface area (Å²) in [6.45, 7) is 4.50. The minimum Gasteiger partial charge on any atom is -0.128 e. The lowest BCUT2D eigenvalue weighted by Crippen LogP contribution is -1.78. The Labute approximate surface area is 116 Å². The molecular weight excluding hydrogens is 264 g/mol. The summed E-state index contributed by atoms with van der Waals surface area (Å²) in [5, 5.41) is 1.45. The van der Waals surface area contributed by atoms with E-state index in [1.807, 2.05) is 34.9 Å². The predicted molar refractivity (Wildman–Crippen MR) is 83.9 cm³/mol. The molecule has 2 rings (SSSR count). The number of benzene rings is 1. The summed E-state index contributed by atoms with van der Waals surface area (Å²) in [7, 11) is 0. The van der Waals surface area contributed by atoms with E-state index < -0.39 is 0 Å². The molecule has 0 saturated carbocycles. The van der Waals surface area contributed by atoms with Gasteiger partial charge in [-0.25, -0.2) is 0 Å². The van der Waals surface area contributed by atoms with Crippen LogP contribution in [0.1, 0.15) is 26.7 Å². The number of thiophene rings is 1. The molecule has 0 spiro atoms. The maximum Gasteiger partial charge on any atom is 0.0747 e. The summed E-state index contributed by atoms with van der Waals surface area (Å²) in [6.07, 6.45) is 2.49. The molecule has 0 radical (unpaired) electrons. The quantitative estimate of drug-likeness (QED) is 0.604. The van der Waals surface area contributed by atoms with Gasteiger partial charge in [0.15, 0.2) is 0 Å². The van der Waals surface area contributed by atoms with E-state index >= 15 is 0 Å². The van der Waals surface area contributed by atoms with Crippen molar-refractivity contribution < 1.29 is 0 Å². The van der Waals surface area contributed by atoms with Crippen LogP contribution in [0.4, 0.5) is 0 Å². The van der Waals surface area contributed by atoms with Gasteiger partial charge in [0.05, 0.1) is 4.21 Å². The molecule has 0 N–H and O–H groups in total. The average Bonchev–Trinajstić information content (AvgIpc) is 2.71. The van der Waals surface area contributed by atoms with Crippen molar-refractivity contribution in [1.82, 2.24) is 0 Å². The van der Waals surface area contributed by atoms with Crippen molar-refractivity contribution in [2.75, 3.05) is 11.5 Å². The topological polar surface area (TPSA) is 0 Å². The largest absolute Gasteiger partial charge is 0.128 e. The highest BCUT2D eigenvalue weighted by atomic mass is 32.2. The van der Waals surface area contributed by atoms with E-state index in [1.54, 1.807) is 0 Å². The van der Waals surface area contributed by atoms with Crippen LogP contribution in [0.3, 0.4) is 0 Å². The number of hydrogen-bond acceptors (Lipinski definition) is 3. The fourth-order valence-electron chi connectivity index (χ4n) is 1.63. The van der Waals surface area contributed by atoms with Gasteiger partial charge in [0, 0.05) is 15.0 Å². The third-order valence-corrected chi connectivity index (χ3v) is 6.64. The predicted octanol–water partition coefficient (Wildman–Crippen LogP) is 5.91. The van der Waals surface area contributed by atoms with Gasteiger partial charge in [0.25, 0.3) is 0 Å². The molecule has 0 unspecified atom stereocenters.